The van der Waals surface area contributed by atoms with Crippen molar-refractivity contribution in [1.82, 2.24) is 19.6 Å². The van der Waals surface area contributed by atoms with E-state index in [-0.39, 0.29) is 11.8 Å². The SMILES string of the molecule is COc1ccc2c(c1)[C@]1(C[C@H]1c1ccc3c(Nc4cnn(C)c4)nn(C(=O)OC(C)(C)C)c3c1)C(=O)N2C(=O)OC(C)(C)C. The first kappa shape index (κ1) is 29.2. The number of carbonyl (C=O) groups excluding carboxylic acids is 3. The number of hydrogen-bond donors (Lipinski definition) is 1. The molecular weight excluding hydrogens is 564 g/mol. The maximum Gasteiger partial charge on any atom is 0.435 e. The molecule has 0 unspecified atom stereocenters. The van der Waals surface area contributed by atoms with Gasteiger partial charge in [-0.2, -0.15) is 9.78 Å². The van der Waals surface area contributed by atoms with Crippen LogP contribution in [0.3, 0.4) is 0 Å². The number of carbonyl (C=O) groups is 3. The van der Waals surface area contributed by atoms with Gasteiger partial charge in [-0.15, -0.1) is 5.10 Å². The second kappa shape index (κ2) is 9.83. The lowest BCUT2D eigenvalue weighted by Crippen LogP contribution is -2.41. The highest BCUT2D eigenvalue weighted by Gasteiger charge is 2.68. The Morgan fingerprint density at radius 1 is 1.00 bits per heavy atom. The molecule has 12 nitrogen and oxygen atoms in total. The minimum atomic E-state index is -0.984. The number of amides is 2. The van der Waals surface area contributed by atoms with Gasteiger partial charge in [0.1, 0.15) is 17.0 Å². The van der Waals surface area contributed by atoms with Crippen LogP contribution in [-0.4, -0.2) is 56.0 Å². The summed E-state index contributed by atoms with van der Waals surface area (Å²) in [5.41, 5.74) is 0.728. The molecule has 12 heteroatoms. The van der Waals surface area contributed by atoms with E-state index in [2.05, 4.69) is 15.5 Å². The number of methoxy groups -OCH3 is 1. The Balaban J connectivity index is 1.43. The molecule has 6 rings (SSSR count). The summed E-state index contributed by atoms with van der Waals surface area (Å²) in [5.74, 6) is 0.422. The number of benzene rings is 2. The number of aromatic nitrogens is 4. The number of anilines is 3. The number of ether oxygens (including phenoxy) is 3. The summed E-state index contributed by atoms with van der Waals surface area (Å²) in [6.07, 6.45) is 2.58. The maximum absolute atomic E-state index is 14.1. The van der Waals surface area contributed by atoms with Gasteiger partial charge in [0.05, 0.1) is 35.6 Å². The summed E-state index contributed by atoms with van der Waals surface area (Å²) in [5, 5.41) is 12.7. The Kier molecular flexibility index (Phi) is 6.53. The number of imide groups is 1. The molecule has 1 aliphatic heterocycles. The average Bonchev–Trinajstić information content (AvgIpc) is 3.27. The molecule has 0 radical (unpaired) electrons. The summed E-state index contributed by atoms with van der Waals surface area (Å²) < 4.78 is 19.7. The highest BCUT2D eigenvalue weighted by atomic mass is 16.6. The number of fused-ring (bicyclic) bond motifs is 3. The molecule has 1 N–H and O–H groups in total. The highest BCUT2D eigenvalue weighted by Crippen LogP contribution is 2.67. The fraction of sp³-hybridized carbons (Fsp3) is 0.406. The van der Waals surface area contributed by atoms with E-state index in [0.717, 1.165) is 10.5 Å². The molecule has 2 aromatic carbocycles. The fourth-order valence-corrected chi connectivity index (χ4v) is 5.81. The van der Waals surface area contributed by atoms with Crippen LogP contribution in [0.1, 0.15) is 65.0 Å². The van der Waals surface area contributed by atoms with Crippen LogP contribution >= 0.6 is 0 Å². The van der Waals surface area contributed by atoms with Crippen molar-refractivity contribution in [3.05, 3.63) is 59.9 Å². The second-order valence-corrected chi connectivity index (χ2v) is 13.3. The lowest BCUT2D eigenvalue weighted by Gasteiger charge is -2.24. The van der Waals surface area contributed by atoms with Crippen LogP contribution in [0.25, 0.3) is 10.9 Å². The largest absolute Gasteiger partial charge is 0.497 e. The van der Waals surface area contributed by atoms with Crippen molar-refractivity contribution in [2.75, 3.05) is 17.3 Å². The van der Waals surface area contributed by atoms with E-state index in [0.29, 0.717) is 45.8 Å². The van der Waals surface area contributed by atoms with Gasteiger partial charge in [0.15, 0.2) is 5.82 Å². The molecule has 230 valence electrons. The average molecular weight is 601 g/mol. The second-order valence-electron chi connectivity index (χ2n) is 13.3. The smallest absolute Gasteiger partial charge is 0.435 e. The van der Waals surface area contributed by atoms with Gasteiger partial charge < -0.3 is 19.5 Å². The van der Waals surface area contributed by atoms with Crippen molar-refractivity contribution in [1.29, 1.82) is 0 Å². The van der Waals surface area contributed by atoms with Gasteiger partial charge in [-0.05, 0) is 89.4 Å². The Morgan fingerprint density at radius 2 is 1.70 bits per heavy atom. The summed E-state index contributed by atoms with van der Waals surface area (Å²) in [4.78, 5) is 41.9. The molecule has 44 heavy (non-hydrogen) atoms. The van der Waals surface area contributed by atoms with Crippen LogP contribution in [0, 0.1) is 0 Å². The predicted molar refractivity (Wildman–Crippen MR) is 164 cm³/mol. The number of nitrogens with one attached hydrogen (secondary N) is 1. The van der Waals surface area contributed by atoms with Gasteiger partial charge >= 0.3 is 12.2 Å². The predicted octanol–water partition coefficient (Wildman–Crippen LogP) is 6.01. The summed E-state index contributed by atoms with van der Waals surface area (Å²) in [6, 6.07) is 10.9. The number of nitrogens with zero attached hydrogens (tertiary/aromatic N) is 5. The molecule has 2 amide bonds. The van der Waals surface area contributed by atoms with E-state index in [1.54, 1.807) is 77.9 Å². The van der Waals surface area contributed by atoms with E-state index < -0.39 is 28.8 Å². The summed E-state index contributed by atoms with van der Waals surface area (Å²) >= 11 is 0. The normalized spacial score (nSPS) is 19.3. The van der Waals surface area contributed by atoms with Gasteiger partial charge in [0, 0.05) is 24.5 Å². The van der Waals surface area contributed by atoms with Crippen LogP contribution in [-0.2, 0) is 26.7 Å². The first-order valence-electron chi connectivity index (χ1n) is 14.4. The molecule has 2 aliphatic rings. The molecule has 0 bridgehead atoms. The summed E-state index contributed by atoms with van der Waals surface area (Å²) in [7, 11) is 3.37. The molecule has 1 spiro atoms. The molecule has 4 aromatic rings. The first-order valence-corrected chi connectivity index (χ1v) is 14.4. The standard InChI is InChI=1S/C32H36N6O6/c1-30(2,3)43-28(40)37-24-12-10-20(42-8)14-22(24)32(27(37)39)15-23(32)18-9-11-21-25(13-18)38(29(41)44-31(4,5)6)35-26(21)34-19-16-33-36(7)17-19/h9-14,16-17,23H,15H2,1-8H3,(H,34,35)/t23-,32-/m0/s1. The first-order chi connectivity index (χ1) is 20.6. The topological polar surface area (TPSA) is 130 Å². The third-order valence-electron chi connectivity index (χ3n) is 7.69. The van der Waals surface area contributed by atoms with Crippen LogP contribution < -0.4 is 15.0 Å². The van der Waals surface area contributed by atoms with Crippen LogP contribution in [0.15, 0.2) is 48.8 Å². The third-order valence-corrected chi connectivity index (χ3v) is 7.69. The molecule has 2 aromatic heterocycles. The van der Waals surface area contributed by atoms with Crippen LogP contribution in [0.4, 0.5) is 26.8 Å². The molecule has 3 heterocycles. The van der Waals surface area contributed by atoms with Crippen molar-refractivity contribution in [3.8, 4) is 5.75 Å². The minimum absolute atomic E-state index is 0.269. The zero-order valence-corrected chi connectivity index (χ0v) is 26.1. The van der Waals surface area contributed by atoms with Gasteiger partial charge in [0.2, 0.25) is 5.91 Å². The molecule has 1 aliphatic carbocycles. The van der Waals surface area contributed by atoms with Gasteiger partial charge in [0.25, 0.3) is 0 Å². The molecular formula is C32H36N6O6. The van der Waals surface area contributed by atoms with Gasteiger partial charge in [-0.1, -0.05) is 6.07 Å². The van der Waals surface area contributed by atoms with Crippen molar-refractivity contribution in [3.63, 3.8) is 0 Å². The third kappa shape index (κ3) is 4.93. The number of rotatable bonds is 4. The van der Waals surface area contributed by atoms with E-state index in [1.807, 2.05) is 31.3 Å². The maximum atomic E-state index is 14.1. The molecule has 1 fully saturated rings. The number of hydrogen-bond acceptors (Lipinski definition) is 9. The zero-order valence-electron chi connectivity index (χ0n) is 26.1. The lowest BCUT2D eigenvalue weighted by atomic mass is 9.91. The minimum Gasteiger partial charge on any atom is -0.497 e. The van der Waals surface area contributed by atoms with Gasteiger partial charge in [-0.3, -0.25) is 9.48 Å². The van der Waals surface area contributed by atoms with Crippen LogP contribution in [0.5, 0.6) is 5.75 Å². The van der Waals surface area contributed by atoms with E-state index in [4.69, 9.17) is 14.2 Å². The quantitative estimate of drug-likeness (QED) is 0.299. The van der Waals surface area contributed by atoms with Crippen molar-refractivity contribution in [2.45, 2.75) is 70.5 Å². The van der Waals surface area contributed by atoms with Crippen molar-refractivity contribution in [2.24, 2.45) is 7.05 Å². The van der Waals surface area contributed by atoms with Crippen molar-refractivity contribution < 1.29 is 28.6 Å². The molecule has 1 saturated carbocycles. The van der Waals surface area contributed by atoms with E-state index in [1.165, 1.54) is 4.68 Å². The van der Waals surface area contributed by atoms with Crippen molar-refractivity contribution >= 4 is 46.2 Å². The fourth-order valence-electron chi connectivity index (χ4n) is 5.81. The Labute approximate surface area is 254 Å². The monoisotopic (exact) mass is 600 g/mol. The Bertz CT molecular complexity index is 1830. The van der Waals surface area contributed by atoms with E-state index in [9.17, 15) is 14.4 Å². The highest BCUT2D eigenvalue weighted by molar-refractivity contribution is 6.23. The Morgan fingerprint density at radius 3 is 2.34 bits per heavy atom. The van der Waals surface area contributed by atoms with Crippen LogP contribution in [0.2, 0.25) is 0 Å². The molecule has 0 saturated heterocycles. The molecule has 2 atom stereocenters. The number of aryl methyl sites for hydroxylation is 1. The lowest BCUT2D eigenvalue weighted by molar-refractivity contribution is -0.120. The summed E-state index contributed by atoms with van der Waals surface area (Å²) in [6.45, 7) is 10.7. The van der Waals surface area contributed by atoms with Gasteiger partial charge in [-0.25, -0.2) is 14.5 Å². The van der Waals surface area contributed by atoms with E-state index >= 15 is 0 Å². The Hall–Kier alpha value is -4.87. The zero-order chi connectivity index (χ0) is 31.8.